The number of carbonyl (C=O) groups excluding carboxylic acids is 1. The third-order valence-corrected chi connectivity index (χ3v) is 4.43. The molecule has 2 unspecified atom stereocenters. The number of hydrogen-bond donors (Lipinski definition) is 2. The largest absolute Gasteiger partial charge is 0.399 e. The lowest BCUT2D eigenvalue weighted by Crippen LogP contribution is -2.27. The van der Waals surface area contributed by atoms with E-state index < -0.39 is 0 Å². The first kappa shape index (κ1) is 18.1. The lowest BCUT2D eigenvalue weighted by molar-refractivity contribution is 0.0950. The predicted molar refractivity (Wildman–Crippen MR) is 91.2 cm³/mol. The topological polar surface area (TPSA) is 55.1 Å². The molecule has 118 valence electrons. The number of amides is 1. The second-order valence-corrected chi connectivity index (χ2v) is 6.33. The Morgan fingerprint density at radius 2 is 2.19 bits per heavy atom. The molecule has 3 N–H and O–H groups in total. The van der Waals surface area contributed by atoms with Crippen LogP contribution in [0, 0.1) is 11.8 Å². The zero-order chi connectivity index (χ0) is 14.5. The molecule has 21 heavy (non-hydrogen) atoms. The number of nitrogens with two attached hydrogens (primary N) is 1. The highest BCUT2D eigenvalue weighted by Gasteiger charge is 2.19. The average Bonchev–Trinajstić information content (AvgIpc) is 2.38. The number of hydrogen-bond acceptors (Lipinski definition) is 2. The number of anilines is 1. The Hall–Kier alpha value is -0.930. The molecule has 1 saturated carbocycles. The van der Waals surface area contributed by atoms with Crippen LogP contribution < -0.4 is 11.1 Å². The molecule has 1 fully saturated rings. The molecule has 0 bridgehead atoms. The van der Waals surface area contributed by atoms with Crippen LogP contribution in [0.3, 0.4) is 0 Å². The normalized spacial score (nSPS) is 21.4. The molecule has 1 aliphatic carbocycles. The van der Waals surface area contributed by atoms with Gasteiger partial charge in [-0.1, -0.05) is 37.8 Å². The van der Waals surface area contributed by atoms with Crippen LogP contribution in [-0.2, 0) is 0 Å². The molecule has 0 aromatic heterocycles. The Kier molecular flexibility index (Phi) is 7.33. The van der Waals surface area contributed by atoms with Crippen molar-refractivity contribution in [3.05, 3.63) is 28.8 Å². The third-order valence-electron chi connectivity index (χ3n) is 4.12. The molecule has 1 aromatic rings. The number of halogens is 2. The van der Waals surface area contributed by atoms with Crippen molar-refractivity contribution in [3.63, 3.8) is 0 Å². The lowest BCUT2D eigenvalue weighted by atomic mass is 9.81. The van der Waals surface area contributed by atoms with E-state index in [-0.39, 0.29) is 18.3 Å². The van der Waals surface area contributed by atoms with Gasteiger partial charge in [0.2, 0.25) is 0 Å². The number of rotatable bonds is 4. The minimum absolute atomic E-state index is 0. The minimum atomic E-state index is -0.112. The highest BCUT2D eigenvalue weighted by molar-refractivity contribution is 6.34. The maximum atomic E-state index is 12.0. The summed E-state index contributed by atoms with van der Waals surface area (Å²) in [5.74, 6) is 1.47. The number of nitrogen functional groups attached to an aromatic ring is 1. The molecule has 5 heteroatoms. The summed E-state index contributed by atoms with van der Waals surface area (Å²) in [5, 5.41) is 3.37. The van der Waals surface area contributed by atoms with Crippen LogP contribution in [-0.4, -0.2) is 12.5 Å². The van der Waals surface area contributed by atoms with Gasteiger partial charge in [-0.15, -0.1) is 12.4 Å². The second-order valence-electron chi connectivity index (χ2n) is 5.92. The van der Waals surface area contributed by atoms with Gasteiger partial charge in [0.05, 0.1) is 10.6 Å². The predicted octanol–water partition coefficient (Wildman–Crippen LogP) is 4.29. The quantitative estimate of drug-likeness (QED) is 0.809. The maximum Gasteiger partial charge on any atom is 0.252 e. The summed E-state index contributed by atoms with van der Waals surface area (Å²) in [7, 11) is 0. The third kappa shape index (κ3) is 5.40. The van der Waals surface area contributed by atoms with Crippen LogP contribution in [0.4, 0.5) is 5.69 Å². The molecule has 1 amide bonds. The van der Waals surface area contributed by atoms with Crippen molar-refractivity contribution < 1.29 is 4.79 Å². The van der Waals surface area contributed by atoms with E-state index in [1.807, 2.05) is 0 Å². The zero-order valence-electron chi connectivity index (χ0n) is 12.4. The molecule has 0 radical (unpaired) electrons. The van der Waals surface area contributed by atoms with Gasteiger partial charge in [-0.3, -0.25) is 4.79 Å². The molecule has 0 heterocycles. The summed E-state index contributed by atoms with van der Waals surface area (Å²) in [5.41, 5.74) is 6.69. The monoisotopic (exact) mass is 330 g/mol. The van der Waals surface area contributed by atoms with Crippen molar-refractivity contribution in [1.82, 2.24) is 5.32 Å². The van der Waals surface area contributed by atoms with Gasteiger partial charge in [-0.05, 0) is 42.9 Å². The summed E-state index contributed by atoms with van der Waals surface area (Å²) in [6, 6.07) is 4.98. The molecule has 2 atom stereocenters. The van der Waals surface area contributed by atoms with E-state index in [1.165, 1.54) is 25.7 Å². The van der Waals surface area contributed by atoms with E-state index in [2.05, 4.69) is 12.2 Å². The van der Waals surface area contributed by atoms with Gasteiger partial charge in [0.1, 0.15) is 0 Å². The maximum absolute atomic E-state index is 12.0. The zero-order valence-corrected chi connectivity index (χ0v) is 14.0. The van der Waals surface area contributed by atoms with Crippen LogP contribution in [0.5, 0.6) is 0 Å². The van der Waals surface area contributed by atoms with Crippen LogP contribution in [0.25, 0.3) is 0 Å². The summed E-state index contributed by atoms with van der Waals surface area (Å²) >= 11 is 6.03. The fourth-order valence-corrected chi connectivity index (χ4v) is 3.30. The Balaban J connectivity index is 0.00000220. The highest BCUT2D eigenvalue weighted by Crippen LogP contribution is 2.30. The van der Waals surface area contributed by atoms with Gasteiger partial charge in [-0.2, -0.15) is 0 Å². The highest BCUT2D eigenvalue weighted by atomic mass is 35.5. The summed E-state index contributed by atoms with van der Waals surface area (Å²) in [6.07, 6.45) is 6.32. The van der Waals surface area contributed by atoms with E-state index in [0.717, 1.165) is 24.8 Å². The SMILES string of the molecule is CC1CCCC(CCNC(=O)c2ccc(N)cc2Cl)C1.Cl. The molecular weight excluding hydrogens is 307 g/mol. The smallest absolute Gasteiger partial charge is 0.252 e. The van der Waals surface area contributed by atoms with Gasteiger partial charge >= 0.3 is 0 Å². The molecule has 0 aliphatic heterocycles. The van der Waals surface area contributed by atoms with Crippen molar-refractivity contribution in [2.75, 3.05) is 12.3 Å². The van der Waals surface area contributed by atoms with E-state index in [0.29, 0.717) is 16.3 Å². The van der Waals surface area contributed by atoms with Gasteiger partial charge in [-0.25, -0.2) is 0 Å². The van der Waals surface area contributed by atoms with Crippen molar-refractivity contribution in [3.8, 4) is 0 Å². The van der Waals surface area contributed by atoms with Gasteiger partial charge in [0, 0.05) is 12.2 Å². The standard InChI is InChI=1S/C16H23ClN2O.ClH/c1-11-3-2-4-12(9-11)7-8-19-16(20)14-6-5-13(18)10-15(14)17;/h5-6,10-12H,2-4,7-9,18H2,1H3,(H,19,20);1H. The molecule has 3 nitrogen and oxygen atoms in total. The molecule has 0 spiro atoms. The molecular formula is C16H24Cl2N2O. The average molecular weight is 331 g/mol. The Bertz CT molecular complexity index is 479. The van der Waals surface area contributed by atoms with Gasteiger partial charge in [0.25, 0.3) is 5.91 Å². The molecule has 1 aliphatic rings. The van der Waals surface area contributed by atoms with Crippen molar-refractivity contribution in [2.24, 2.45) is 11.8 Å². The van der Waals surface area contributed by atoms with E-state index in [1.54, 1.807) is 18.2 Å². The lowest BCUT2D eigenvalue weighted by Gasteiger charge is -2.26. The number of carbonyl (C=O) groups is 1. The van der Waals surface area contributed by atoms with Crippen LogP contribution >= 0.6 is 24.0 Å². The van der Waals surface area contributed by atoms with Crippen molar-refractivity contribution >= 4 is 35.6 Å². The molecule has 2 rings (SSSR count). The van der Waals surface area contributed by atoms with Crippen LogP contribution in [0.15, 0.2) is 18.2 Å². The first-order valence-corrected chi connectivity index (χ1v) is 7.77. The number of benzene rings is 1. The summed E-state index contributed by atoms with van der Waals surface area (Å²) in [6.45, 7) is 3.04. The van der Waals surface area contributed by atoms with E-state index >= 15 is 0 Å². The van der Waals surface area contributed by atoms with E-state index in [9.17, 15) is 4.79 Å². The fourth-order valence-electron chi connectivity index (χ4n) is 3.02. The van der Waals surface area contributed by atoms with Crippen molar-refractivity contribution in [1.29, 1.82) is 0 Å². The Morgan fingerprint density at radius 3 is 2.86 bits per heavy atom. The first-order chi connectivity index (χ1) is 9.56. The summed E-state index contributed by atoms with van der Waals surface area (Å²) in [4.78, 5) is 12.0. The van der Waals surface area contributed by atoms with Crippen LogP contribution in [0.1, 0.15) is 49.4 Å². The Labute approximate surface area is 138 Å². The molecule has 1 aromatic carbocycles. The van der Waals surface area contributed by atoms with Gasteiger partial charge < -0.3 is 11.1 Å². The van der Waals surface area contributed by atoms with E-state index in [4.69, 9.17) is 17.3 Å². The number of nitrogens with one attached hydrogen (secondary N) is 1. The molecule has 0 saturated heterocycles. The fraction of sp³-hybridized carbons (Fsp3) is 0.562. The minimum Gasteiger partial charge on any atom is -0.399 e. The summed E-state index contributed by atoms with van der Waals surface area (Å²) < 4.78 is 0. The second kappa shape index (κ2) is 8.50. The van der Waals surface area contributed by atoms with Gasteiger partial charge in [0.15, 0.2) is 0 Å². The van der Waals surface area contributed by atoms with Crippen LogP contribution in [0.2, 0.25) is 5.02 Å². The van der Waals surface area contributed by atoms with Crippen molar-refractivity contribution in [2.45, 2.75) is 39.0 Å². The first-order valence-electron chi connectivity index (χ1n) is 7.39. The Morgan fingerprint density at radius 1 is 1.43 bits per heavy atom.